The molecule has 4 aromatic carbocycles. The number of benzene rings is 4. The molecular weight excluding hydrogens is 528 g/mol. The molecule has 0 aromatic heterocycles. The standard InChI is InChI=1S/C22H19N3O7S2.2Na/c1-2-23-18-7-8-19(17-6-4-3-5-16(17)18)24-25-20-11-14(33(27,28)29)9-13-10-15(34(30,31)32)12-21(26)22(13)20;;/h3-12,23,26H,2H2,1H3,(H,27,28,29)(H,30,31,32);;/q;2*+1/p-2. The molecular formula is C22H17N3Na2O7S2. The van der Waals surface area contributed by atoms with E-state index in [-0.39, 0.29) is 75.6 Å². The smallest absolute Gasteiger partial charge is 0.872 e. The van der Waals surface area contributed by atoms with Gasteiger partial charge in [0.05, 0.1) is 21.2 Å². The summed E-state index contributed by atoms with van der Waals surface area (Å²) in [4.78, 5) is -1.47. The second-order valence-electron chi connectivity index (χ2n) is 7.30. The fourth-order valence-corrected chi connectivity index (χ4v) is 4.65. The van der Waals surface area contributed by atoms with Gasteiger partial charge in [-0.2, -0.15) is 8.42 Å². The van der Waals surface area contributed by atoms with E-state index in [4.69, 9.17) is 0 Å². The molecule has 4 rings (SSSR count). The number of azo groups is 1. The van der Waals surface area contributed by atoms with Crippen molar-refractivity contribution >= 4 is 58.8 Å². The molecule has 36 heavy (non-hydrogen) atoms. The minimum Gasteiger partial charge on any atom is -0.872 e. The third kappa shape index (κ3) is 6.45. The van der Waals surface area contributed by atoms with Crippen molar-refractivity contribution in [1.82, 2.24) is 0 Å². The summed E-state index contributed by atoms with van der Waals surface area (Å²) in [5, 5.41) is 25.4. The van der Waals surface area contributed by atoms with Crippen LogP contribution in [0.3, 0.4) is 0 Å². The number of rotatable bonds is 6. The van der Waals surface area contributed by atoms with Crippen molar-refractivity contribution in [3.8, 4) is 5.75 Å². The summed E-state index contributed by atoms with van der Waals surface area (Å²) in [5.74, 6) is -0.846. The van der Waals surface area contributed by atoms with Gasteiger partial charge in [0.15, 0.2) is 0 Å². The molecule has 0 radical (unpaired) electrons. The molecule has 0 bridgehead atoms. The maximum Gasteiger partial charge on any atom is 1.00 e. The Morgan fingerprint density at radius 2 is 1.47 bits per heavy atom. The molecule has 0 fully saturated rings. The fraction of sp³-hybridized carbons (Fsp3) is 0.0909. The summed E-state index contributed by atoms with van der Waals surface area (Å²) in [6.07, 6.45) is 0. The monoisotopic (exact) mass is 545 g/mol. The summed E-state index contributed by atoms with van der Waals surface area (Å²) in [6.45, 7) is 2.66. The Morgan fingerprint density at radius 1 is 0.861 bits per heavy atom. The van der Waals surface area contributed by atoms with Crippen LogP contribution in [0.5, 0.6) is 5.75 Å². The van der Waals surface area contributed by atoms with E-state index in [0.29, 0.717) is 18.3 Å². The first-order valence-electron chi connectivity index (χ1n) is 9.88. The number of fused-ring (bicyclic) bond motifs is 2. The van der Waals surface area contributed by atoms with Crippen LogP contribution >= 0.6 is 0 Å². The van der Waals surface area contributed by atoms with Crippen molar-refractivity contribution in [1.29, 1.82) is 0 Å². The number of hydrogen-bond acceptors (Lipinski definition) is 9. The van der Waals surface area contributed by atoms with Crippen molar-refractivity contribution in [3.05, 3.63) is 60.7 Å². The van der Waals surface area contributed by atoms with Crippen LogP contribution < -0.4 is 69.5 Å². The molecule has 0 saturated heterocycles. The van der Waals surface area contributed by atoms with Gasteiger partial charge < -0.3 is 15.0 Å². The van der Waals surface area contributed by atoms with Gasteiger partial charge in [-0.05, 0) is 48.7 Å². The topological polar surface area (TPSA) is 171 Å². The van der Waals surface area contributed by atoms with Gasteiger partial charge in [-0.15, -0.1) is 10.2 Å². The van der Waals surface area contributed by atoms with Gasteiger partial charge in [-0.3, -0.25) is 4.55 Å². The normalized spacial score (nSPS) is 11.9. The SMILES string of the molecule is CCNc1ccc(N=Nc2cc(S(=O)(=O)[O-])cc3cc(S(=O)(=O)O)cc([O-])c23)c2ccccc12.[Na+].[Na+]. The average Bonchev–Trinajstić information content (AvgIpc) is 2.77. The number of anilines is 1. The first kappa shape index (κ1) is 30.6. The Morgan fingerprint density at radius 3 is 2.08 bits per heavy atom. The van der Waals surface area contributed by atoms with Gasteiger partial charge in [0.25, 0.3) is 10.1 Å². The second kappa shape index (κ2) is 11.9. The summed E-state index contributed by atoms with van der Waals surface area (Å²) in [5.41, 5.74) is 1.06. The molecule has 0 unspecified atom stereocenters. The summed E-state index contributed by atoms with van der Waals surface area (Å²) in [6, 6.07) is 14.2. The minimum atomic E-state index is -4.98. The van der Waals surface area contributed by atoms with Crippen molar-refractivity contribution in [2.75, 3.05) is 11.9 Å². The largest absolute Gasteiger partial charge is 1.00 e. The van der Waals surface area contributed by atoms with Crippen LogP contribution in [-0.2, 0) is 20.2 Å². The van der Waals surface area contributed by atoms with Crippen molar-refractivity contribution in [2.24, 2.45) is 10.2 Å². The Balaban J connectivity index is 0.00000228. The predicted octanol–water partition coefficient (Wildman–Crippen LogP) is -1.93. The zero-order chi connectivity index (χ0) is 24.7. The quantitative estimate of drug-likeness (QED) is 0.160. The van der Waals surface area contributed by atoms with Crippen LogP contribution in [0.1, 0.15) is 6.92 Å². The fourth-order valence-electron chi connectivity index (χ4n) is 3.60. The molecule has 0 spiro atoms. The molecule has 10 nitrogen and oxygen atoms in total. The van der Waals surface area contributed by atoms with E-state index < -0.39 is 35.8 Å². The molecule has 176 valence electrons. The third-order valence-electron chi connectivity index (χ3n) is 5.06. The summed E-state index contributed by atoms with van der Waals surface area (Å²) in [7, 11) is -9.74. The zero-order valence-corrected chi connectivity index (χ0v) is 25.2. The Kier molecular flexibility index (Phi) is 10.1. The second-order valence-corrected chi connectivity index (χ2v) is 10.1. The predicted molar refractivity (Wildman–Crippen MR) is 123 cm³/mol. The molecule has 0 aliphatic carbocycles. The zero-order valence-electron chi connectivity index (χ0n) is 19.6. The first-order valence-corrected chi connectivity index (χ1v) is 12.7. The number of hydrogen-bond donors (Lipinski definition) is 2. The summed E-state index contributed by atoms with van der Waals surface area (Å²) < 4.78 is 67.3. The van der Waals surface area contributed by atoms with Crippen molar-refractivity contribution in [2.45, 2.75) is 16.7 Å². The number of nitrogens with zero attached hydrogens (tertiary/aromatic N) is 2. The van der Waals surface area contributed by atoms with Crippen LogP contribution in [0.4, 0.5) is 17.1 Å². The van der Waals surface area contributed by atoms with Crippen LogP contribution in [-0.4, -0.2) is 32.5 Å². The maximum absolute atomic E-state index is 12.7. The van der Waals surface area contributed by atoms with Gasteiger partial charge in [-0.25, -0.2) is 8.42 Å². The van der Waals surface area contributed by atoms with E-state index in [1.165, 1.54) is 0 Å². The maximum atomic E-state index is 12.7. The van der Waals surface area contributed by atoms with E-state index >= 15 is 0 Å². The van der Waals surface area contributed by atoms with Crippen LogP contribution in [0.15, 0.2) is 80.7 Å². The van der Waals surface area contributed by atoms with Gasteiger partial charge in [0.1, 0.15) is 10.1 Å². The third-order valence-corrected chi connectivity index (χ3v) is 6.70. The van der Waals surface area contributed by atoms with Crippen LogP contribution in [0.2, 0.25) is 0 Å². The molecule has 2 N–H and O–H groups in total. The average molecular weight is 546 g/mol. The van der Waals surface area contributed by atoms with Crippen LogP contribution in [0, 0.1) is 0 Å². The van der Waals surface area contributed by atoms with Crippen LogP contribution in [0.25, 0.3) is 21.5 Å². The molecule has 0 amide bonds. The van der Waals surface area contributed by atoms with E-state index in [2.05, 4.69) is 15.5 Å². The van der Waals surface area contributed by atoms with E-state index in [1.807, 2.05) is 31.2 Å². The van der Waals surface area contributed by atoms with Crippen molar-refractivity contribution in [3.63, 3.8) is 0 Å². The Labute approximate surface area is 251 Å². The van der Waals surface area contributed by atoms with E-state index in [1.54, 1.807) is 12.1 Å². The van der Waals surface area contributed by atoms with Gasteiger partial charge in [-0.1, -0.05) is 30.0 Å². The molecule has 0 heterocycles. The Hall–Kier alpha value is -1.58. The minimum absolute atomic E-state index is 0. The van der Waals surface area contributed by atoms with E-state index in [0.717, 1.165) is 34.7 Å². The molecule has 0 aliphatic rings. The number of nitrogens with one attached hydrogen (secondary N) is 1. The van der Waals surface area contributed by atoms with E-state index in [9.17, 15) is 31.0 Å². The summed E-state index contributed by atoms with van der Waals surface area (Å²) >= 11 is 0. The Bertz CT molecular complexity index is 1690. The van der Waals surface area contributed by atoms with Gasteiger partial charge in [0.2, 0.25) is 0 Å². The molecule has 4 aromatic rings. The van der Waals surface area contributed by atoms with Gasteiger partial charge >= 0.3 is 59.1 Å². The van der Waals surface area contributed by atoms with Crippen molar-refractivity contribution < 1.29 is 90.2 Å². The molecule has 14 heteroatoms. The van der Waals surface area contributed by atoms with Gasteiger partial charge in [0, 0.05) is 28.4 Å². The molecule has 0 aliphatic heterocycles. The molecule has 0 atom stereocenters. The first-order chi connectivity index (χ1) is 16.0. The molecule has 0 saturated carbocycles.